The Bertz CT molecular complexity index is 877. The molecule has 2 aromatic rings. The standard InChI is InChI=1S/C24H31N3O2S2/c28-23-5-1-3-19-15-21(10-11-22(19)27-23)31-26-16-17-6-8-18(9-7-17)24(29)25-13-12-20-4-2-14-30-20/h2,4,10-11,14-15,17-18,26H,1,3,5-9,12-13,16H2,(H,25,29)(H,27,28). The minimum atomic E-state index is 0.115. The summed E-state index contributed by atoms with van der Waals surface area (Å²) in [6.45, 7) is 1.70. The summed E-state index contributed by atoms with van der Waals surface area (Å²) < 4.78 is 3.53. The first kappa shape index (κ1) is 22.4. The van der Waals surface area contributed by atoms with Crippen LogP contribution in [0, 0.1) is 11.8 Å². The first-order chi connectivity index (χ1) is 15.2. The summed E-state index contributed by atoms with van der Waals surface area (Å²) in [5.41, 5.74) is 2.18. The molecule has 2 heterocycles. The molecule has 1 aromatic carbocycles. The molecule has 1 aromatic heterocycles. The lowest BCUT2D eigenvalue weighted by Crippen LogP contribution is -2.35. The summed E-state index contributed by atoms with van der Waals surface area (Å²) in [7, 11) is 0. The topological polar surface area (TPSA) is 70.2 Å². The number of hydrogen-bond donors (Lipinski definition) is 3. The number of nitrogens with one attached hydrogen (secondary N) is 3. The highest BCUT2D eigenvalue weighted by Gasteiger charge is 2.26. The van der Waals surface area contributed by atoms with E-state index < -0.39 is 0 Å². The van der Waals surface area contributed by atoms with E-state index >= 15 is 0 Å². The number of carbonyl (C=O) groups excluding carboxylic acids is 2. The smallest absolute Gasteiger partial charge is 0.224 e. The SMILES string of the molecule is O=C1CCCc2cc(SNCC3CCC(C(=O)NCCc4cccs4)CC3)ccc2N1. The van der Waals surface area contributed by atoms with E-state index in [0.29, 0.717) is 12.3 Å². The normalized spacial score (nSPS) is 21.1. The number of carbonyl (C=O) groups is 2. The first-order valence-electron chi connectivity index (χ1n) is 11.3. The number of fused-ring (bicyclic) bond motifs is 1. The van der Waals surface area contributed by atoms with Crippen LogP contribution in [0.2, 0.25) is 0 Å². The van der Waals surface area contributed by atoms with Crippen LogP contribution in [-0.4, -0.2) is 24.9 Å². The van der Waals surface area contributed by atoms with Crippen molar-refractivity contribution in [1.29, 1.82) is 0 Å². The van der Waals surface area contributed by atoms with Gasteiger partial charge < -0.3 is 10.6 Å². The maximum absolute atomic E-state index is 12.4. The van der Waals surface area contributed by atoms with E-state index in [1.807, 2.05) is 6.07 Å². The fourth-order valence-electron chi connectivity index (χ4n) is 4.39. The minimum absolute atomic E-state index is 0.115. The number of anilines is 1. The van der Waals surface area contributed by atoms with Gasteiger partial charge in [0.2, 0.25) is 11.8 Å². The lowest BCUT2D eigenvalue weighted by molar-refractivity contribution is -0.126. The van der Waals surface area contributed by atoms with Crippen LogP contribution >= 0.6 is 23.3 Å². The van der Waals surface area contributed by atoms with Crippen LogP contribution in [0.3, 0.4) is 0 Å². The summed E-state index contributed by atoms with van der Waals surface area (Å²) in [5, 5.41) is 8.19. The molecule has 0 spiro atoms. The van der Waals surface area contributed by atoms with Crippen molar-refractivity contribution in [2.45, 2.75) is 56.3 Å². The van der Waals surface area contributed by atoms with Gasteiger partial charge in [0.1, 0.15) is 0 Å². The molecular weight excluding hydrogens is 426 g/mol. The van der Waals surface area contributed by atoms with Gasteiger partial charge in [-0.25, -0.2) is 0 Å². The Morgan fingerprint density at radius 2 is 2.03 bits per heavy atom. The van der Waals surface area contributed by atoms with Crippen molar-refractivity contribution < 1.29 is 9.59 Å². The van der Waals surface area contributed by atoms with Crippen molar-refractivity contribution in [3.63, 3.8) is 0 Å². The molecule has 0 bridgehead atoms. The lowest BCUT2D eigenvalue weighted by Gasteiger charge is -2.27. The van der Waals surface area contributed by atoms with Gasteiger partial charge in [0.05, 0.1) is 0 Å². The Labute approximate surface area is 192 Å². The Kier molecular flexibility index (Phi) is 8.05. The van der Waals surface area contributed by atoms with E-state index in [1.165, 1.54) is 15.3 Å². The highest BCUT2D eigenvalue weighted by molar-refractivity contribution is 7.97. The summed E-state index contributed by atoms with van der Waals surface area (Å²) >= 11 is 3.42. The van der Waals surface area contributed by atoms with E-state index in [-0.39, 0.29) is 17.7 Å². The van der Waals surface area contributed by atoms with Crippen molar-refractivity contribution in [1.82, 2.24) is 10.0 Å². The summed E-state index contributed by atoms with van der Waals surface area (Å²) in [6, 6.07) is 10.5. The highest BCUT2D eigenvalue weighted by atomic mass is 32.2. The average molecular weight is 458 g/mol. The Morgan fingerprint density at radius 1 is 1.16 bits per heavy atom. The number of benzene rings is 1. The zero-order valence-corrected chi connectivity index (χ0v) is 19.5. The van der Waals surface area contributed by atoms with Crippen LogP contribution in [0.15, 0.2) is 40.6 Å². The van der Waals surface area contributed by atoms with Crippen LogP contribution < -0.4 is 15.4 Å². The van der Waals surface area contributed by atoms with Crippen molar-refractivity contribution in [2.75, 3.05) is 18.4 Å². The molecular formula is C24H31N3O2S2. The third-order valence-electron chi connectivity index (χ3n) is 6.23. The molecule has 1 aliphatic heterocycles. The summed E-state index contributed by atoms with van der Waals surface area (Å²) in [5.74, 6) is 1.15. The molecule has 0 radical (unpaired) electrons. The molecule has 1 aliphatic carbocycles. The number of rotatable bonds is 8. The number of thiophene rings is 1. The fourth-order valence-corrected chi connectivity index (χ4v) is 5.93. The molecule has 31 heavy (non-hydrogen) atoms. The molecule has 4 rings (SSSR count). The van der Waals surface area contributed by atoms with Gasteiger partial charge in [-0.15, -0.1) is 11.3 Å². The second-order valence-corrected chi connectivity index (χ2v) is 10.5. The van der Waals surface area contributed by atoms with Gasteiger partial charge in [-0.1, -0.05) is 6.07 Å². The van der Waals surface area contributed by atoms with Crippen LogP contribution in [0.4, 0.5) is 5.69 Å². The van der Waals surface area contributed by atoms with Gasteiger partial charge in [-0.3, -0.25) is 14.3 Å². The monoisotopic (exact) mass is 457 g/mol. The molecule has 0 atom stereocenters. The van der Waals surface area contributed by atoms with Crippen molar-refractivity contribution in [3.05, 3.63) is 46.2 Å². The highest BCUT2D eigenvalue weighted by Crippen LogP contribution is 2.30. The molecule has 166 valence electrons. The van der Waals surface area contributed by atoms with Gasteiger partial charge in [0, 0.05) is 40.9 Å². The Morgan fingerprint density at radius 3 is 2.84 bits per heavy atom. The molecule has 0 unspecified atom stereocenters. The van der Waals surface area contributed by atoms with E-state index in [1.54, 1.807) is 23.3 Å². The zero-order valence-electron chi connectivity index (χ0n) is 17.8. The molecule has 3 N–H and O–H groups in total. The van der Waals surface area contributed by atoms with Crippen LogP contribution in [0.25, 0.3) is 0 Å². The van der Waals surface area contributed by atoms with Gasteiger partial charge in [0.25, 0.3) is 0 Å². The van der Waals surface area contributed by atoms with E-state index in [2.05, 4.69) is 45.0 Å². The molecule has 7 heteroatoms. The number of hydrogen-bond acceptors (Lipinski definition) is 5. The third-order valence-corrected chi connectivity index (χ3v) is 7.97. The minimum Gasteiger partial charge on any atom is -0.356 e. The quantitative estimate of drug-likeness (QED) is 0.499. The molecule has 5 nitrogen and oxygen atoms in total. The molecule has 1 saturated carbocycles. The van der Waals surface area contributed by atoms with E-state index in [4.69, 9.17) is 0 Å². The van der Waals surface area contributed by atoms with E-state index in [0.717, 1.165) is 63.7 Å². The molecule has 1 fully saturated rings. The number of aryl methyl sites for hydroxylation is 1. The molecule has 0 saturated heterocycles. The van der Waals surface area contributed by atoms with Gasteiger partial charge >= 0.3 is 0 Å². The predicted octanol–water partition coefficient (Wildman–Crippen LogP) is 4.78. The van der Waals surface area contributed by atoms with Gasteiger partial charge in [-0.2, -0.15) is 0 Å². The summed E-state index contributed by atoms with van der Waals surface area (Å²) in [4.78, 5) is 26.6. The van der Waals surface area contributed by atoms with Gasteiger partial charge in [-0.05, 0) is 98.0 Å². The second kappa shape index (κ2) is 11.2. The zero-order chi connectivity index (χ0) is 21.5. The number of amides is 2. The van der Waals surface area contributed by atoms with Crippen molar-refractivity contribution in [3.8, 4) is 0 Å². The largest absolute Gasteiger partial charge is 0.356 e. The van der Waals surface area contributed by atoms with Crippen molar-refractivity contribution >= 4 is 40.8 Å². The third kappa shape index (κ3) is 6.57. The van der Waals surface area contributed by atoms with Crippen LogP contribution in [0.1, 0.15) is 49.0 Å². The lowest BCUT2D eigenvalue weighted by atomic mass is 9.81. The maximum atomic E-state index is 12.4. The fraction of sp³-hybridized carbons (Fsp3) is 0.500. The predicted molar refractivity (Wildman–Crippen MR) is 128 cm³/mol. The Hall–Kier alpha value is -1.83. The Balaban J connectivity index is 1.14. The summed E-state index contributed by atoms with van der Waals surface area (Å²) in [6.07, 6.45) is 7.56. The average Bonchev–Trinajstić information content (AvgIpc) is 3.22. The first-order valence-corrected chi connectivity index (χ1v) is 13.0. The molecule has 2 aliphatic rings. The van der Waals surface area contributed by atoms with E-state index in [9.17, 15) is 9.59 Å². The van der Waals surface area contributed by atoms with Crippen LogP contribution in [-0.2, 0) is 22.4 Å². The second-order valence-electron chi connectivity index (χ2n) is 8.51. The molecule has 2 amide bonds. The van der Waals surface area contributed by atoms with Crippen LogP contribution in [0.5, 0.6) is 0 Å². The van der Waals surface area contributed by atoms with Gasteiger partial charge in [0.15, 0.2) is 0 Å². The van der Waals surface area contributed by atoms with Crippen molar-refractivity contribution in [2.24, 2.45) is 11.8 Å². The maximum Gasteiger partial charge on any atom is 0.224 e.